The van der Waals surface area contributed by atoms with E-state index in [9.17, 15) is 0 Å². The Kier molecular flexibility index (Phi) is 4.77. The van der Waals surface area contributed by atoms with Crippen molar-refractivity contribution in [2.45, 2.75) is 25.8 Å². The van der Waals surface area contributed by atoms with Gasteiger partial charge < -0.3 is 10.1 Å². The summed E-state index contributed by atoms with van der Waals surface area (Å²) in [5.41, 5.74) is 1.29. The Hall–Kier alpha value is -0.930. The molecule has 3 nitrogen and oxygen atoms in total. The predicted octanol–water partition coefficient (Wildman–Crippen LogP) is 1.99. The smallest absolute Gasteiger partial charge is 0.0494 e. The van der Waals surface area contributed by atoms with E-state index < -0.39 is 0 Å². The number of pyridine rings is 1. The number of hydrogen-bond donors (Lipinski definition) is 1. The van der Waals surface area contributed by atoms with Crippen molar-refractivity contribution in [3.8, 4) is 0 Å². The summed E-state index contributed by atoms with van der Waals surface area (Å²) < 4.78 is 5.56. The van der Waals surface area contributed by atoms with Gasteiger partial charge in [0, 0.05) is 32.2 Å². The molecule has 2 rings (SSSR count). The summed E-state index contributed by atoms with van der Waals surface area (Å²) in [6.45, 7) is 3.81. The second-order valence-electron chi connectivity index (χ2n) is 4.40. The first-order valence-electron chi connectivity index (χ1n) is 6.12. The van der Waals surface area contributed by atoms with Crippen LogP contribution in [0.5, 0.6) is 0 Å². The van der Waals surface area contributed by atoms with Crippen LogP contribution in [0.4, 0.5) is 0 Å². The topological polar surface area (TPSA) is 34.1 Å². The average Bonchev–Trinajstić information content (AvgIpc) is 3.13. The molecule has 1 aliphatic rings. The molecule has 16 heavy (non-hydrogen) atoms. The van der Waals surface area contributed by atoms with Crippen molar-refractivity contribution >= 4 is 0 Å². The lowest BCUT2D eigenvalue weighted by atomic mass is 10.3. The summed E-state index contributed by atoms with van der Waals surface area (Å²) in [6.07, 6.45) is 7.50. The van der Waals surface area contributed by atoms with E-state index in [-0.39, 0.29) is 0 Å². The zero-order valence-corrected chi connectivity index (χ0v) is 9.69. The molecule has 1 aromatic rings. The van der Waals surface area contributed by atoms with Gasteiger partial charge in [-0.05, 0) is 49.4 Å². The lowest BCUT2D eigenvalue weighted by Crippen LogP contribution is -2.16. The first-order chi connectivity index (χ1) is 7.95. The van der Waals surface area contributed by atoms with Crippen LogP contribution < -0.4 is 5.32 Å². The molecule has 1 fully saturated rings. The van der Waals surface area contributed by atoms with Gasteiger partial charge in [-0.1, -0.05) is 0 Å². The quantitative estimate of drug-likeness (QED) is 0.680. The number of rotatable bonds is 8. The third-order valence-electron chi connectivity index (χ3n) is 2.77. The molecule has 0 radical (unpaired) electrons. The number of nitrogens with zero attached hydrogens (tertiary/aromatic N) is 1. The minimum absolute atomic E-state index is 0.879. The second kappa shape index (κ2) is 6.61. The third-order valence-corrected chi connectivity index (χ3v) is 2.77. The fourth-order valence-electron chi connectivity index (χ4n) is 1.57. The molecule has 1 heterocycles. The Balaban J connectivity index is 1.42. The Labute approximate surface area is 97.2 Å². The van der Waals surface area contributed by atoms with Crippen LogP contribution in [-0.2, 0) is 11.3 Å². The zero-order chi connectivity index (χ0) is 11.1. The molecule has 1 saturated carbocycles. The van der Waals surface area contributed by atoms with Crippen LogP contribution in [0, 0.1) is 5.92 Å². The minimum Gasteiger partial charge on any atom is -0.381 e. The van der Waals surface area contributed by atoms with E-state index in [1.807, 2.05) is 24.5 Å². The van der Waals surface area contributed by atoms with Crippen LogP contribution in [0.2, 0.25) is 0 Å². The minimum atomic E-state index is 0.879. The highest BCUT2D eigenvalue weighted by atomic mass is 16.5. The van der Waals surface area contributed by atoms with Crippen molar-refractivity contribution in [3.05, 3.63) is 30.1 Å². The monoisotopic (exact) mass is 220 g/mol. The molecule has 0 aliphatic heterocycles. The maximum atomic E-state index is 5.56. The van der Waals surface area contributed by atoms with Crippen LogP contribution in [0.3, 0.4) is 0 Å². The highest BCUT2D eigenvalue weighted by Crippen LogP contribution is 2.28. The van der Waals surface area contributed by atoms with Gasteiger partial charge in [-0.15, -0.1) is 0 Å². The van der Waals surface area contributed by atoms with Crippen molar-refractivity contribution < 1.29 is 4.74 Å². The normalized spacial score (nSPS) is 15.2. The van der Waals surface area contributed by atoms with E-state index in [4.69, 9.17) is 4.74 Å². The Bertz CT molecular complexity index is 285. The number of nitrogens with one attached hydrogen (secondary N) is 1. The summed E-state index contributed by atoms with van der Waals surface area (Å²) in [6, 6.07) is 4.08. The third kappa shape index (κ3) is 4.73. The van der Waals surface area contributed by atoms with Gasteiger partial charge in [-0.25, -0.2) is 0 Å². The van der Waals surface area contributed by atoms with Crippen LogP contribution in [-0.4, -0.2) is 24.7 Å². The van der Waals surface area contributed by atoms with Gasteiger partial charge in [0.15, 0.2) is 0 Å². The first-order valence-corrected chi connectivity index (χ1v) is 6.12. The molecule has 0 amide bonds. The highest BCUT2D eigenvalue weighted by molar-refractivity contribution is 5.08. The molecule has 1 aliphatic carbocycles. The van der Waals surface area contributed by atoms with E-state index in [1.165, 1.54) is 18.4 Å². The molecule has 88 valence electrons. The second-order valence-corrected chi connectivity index (χ2v) is 4.40. The summed E-state index contributed by atoms with van der Waals surface area (Å²) in [7, 11) is 0. The standard InChI is InChI=1S/C13H20N2O/c1(9-16-11-13-2-3-13)6-15-10-12-4-7-14-8-5-12/h4-5,7-8,13,15H,1-3,6,9-11H2. The van der Waals surface area contributed by atoms with Crippen molar-refractivity contribution in [1.82, 2.24) is 10.3 Å². The van der Waals surface area contributed by atoms with E-state index >= 15 is 0 Å². The molecule has 1 N–H and O–H groups in total. The van der Waals surface area contributed by atoms with Crippen LogP contribution in [0.25, 0.3) is 0 Å². The van der Waals surface area contributed by atoms with Gasteiger partial charge in [-0.3, -0.25) is 4.98 Å². The predicted molar refractivity (Wildman–Crippen MR) is 64.1 cm³/mol. The zero-order valence-electron chi connectivity index (χ0n) is 9.69. The van der Waals surface area contributed by atoms with E-state index in [1.54, 1.807) is 0 Å². The molecule has 0 unspecified atom stereocenters. The lowest BCUT2D eigenvalue weighted by molar-refractivity contribution is 0.122. The van der Waals surface area contributed by atoms with Gasteiger partial charge in [0.25, 0.3) is 0 Å². The largest absolute Gasteiger partial charge is 0.381 e. The molecule has 0 aromatic carbocycles. The number of aromatic nitrogens is 1. The summed E-state index contributed by atoms with van der Waals surface area (Å²) in [5.74, 6) is 0.879. The van der Waals surface area contributed by atoms with Crippen molar-refractivity contribution in [1.29, 1.82) is 0 Å². The molecule has 0 saturated heterocycles. The summed E-state index contributed by atoms with van der Waals surface area (Å²) in [4.78, 5) is 3.99. The highest BCUT2D eigenvalue weighted by Gasteiger charge is 2.20. The van der Waals surface area contributed by atoms with E-state index in [0.717, 1.165) is 38.6 Å². The van der Waals surface area contributed by atoms with E-state index in [0.29, 0.717) is 0 Å². The van der Waals surface area contributed by atoms with Crippen LogP contribution in [0.15, 0.2) is 24.5 Å². The van der Waals surface area contributed by atoms with Crippen molar-refractivity contribution in [3.63, 3.8) is 0 Å². The molecule has 3 heteroatoms. The molecular weight excluding hydrogens is 200 g/mol. The number of hydrogen-bond acceptors (Lipinski definition) is 3. The van der Waals surface area contributed by atoms with Crippen molar-refractivity contribution in [2.24, 2.45) is 5.92 Å². The van der Waals surface area contributed by atoms with Gasteiger partial charge in [0.05, 0.1) is 0 Å². The fraction of sp³-hybridized carbons (Fsp3) is 0.615. The average molecular weight is 220 g/mol. The van der Waals surface area contributed by atoms with Gasteiger partial charge in [0.2, 0.25) is 0 Å². The maximum absolute atomic E-state index is 5.56. The lowest BCUT2D eigenvalue weighted by Gasteiger charge is -2.05. The van der Waals surface area contributed by atoms with Crippen LogP contribution in [0.1, 0.15) is 24.8 Å². The molecule has 1 aromatic heterocycles. The fourth-order valence-corrected chi connectivity index (χ4v) is 1.57. The van der Waals surface area contributed by atoms with Gasteiger partial charge in [-0.2, -0.15) is 0 Å². The van der Waals surface area contributed by atoms with Crippen molar-refractivity contribution in [2.75, 3.05) is 19.8 Å². The molecule has 0 spiro atoms. The summed E-state index contributed by atoms with van der Waals surface area (Å²) >= 11 is 0. The Morgan fingerprint density at radius 1 is 1.31 bits per heavy atom. The molecule has 0 atom stereocenters. The van der Waals surface area contributed by atoms with Gasteiger partial charge >= 0.3 is 0 Å². The van der Waals surface area contributed by atoms with E-state index in [2.05, 4.69) is 10.3 Å². The van der Waals surface area contributed by atoms with Gasteiger partial charge in [0.1, 0.15) is 0 Å². The SMILES string of the molecule is c1cc(CNCCCOCC2CC2)ccn1. The Morgan fingerprint density at radius 3 is 2.88 bits per heavy atom. The molecular formula is C13H20N2O. The number of ether oxygens (including phenoxy) is 1. The molecule has 0 bridgehead atoms. The van der Waals surface area contributed by atoms with Crippen LogP contribution >= 0.6 is 0 Å². The first kappa shape index (κ1) is 11.6. The maximum Gasteiger partial charge on any atom is 0.0494 e. The summed E-state index contributed by atoms with van der Waals surface area (Å²) in [5, 5.41) is 3.40. The Morgan fingerprint density at radius 2 is 2.12 bits per heavy atom.